The van der Waals surface area contributed by atoms with E-state index >= 15 is 0 Å². The molecule has 2 aliphatic heterocycles. The molecule has 2 fully saturated rings. The van der Waals surface area contributed by atoms with E-state index in [2.05, 4.69) is 20.1 Å². The van der Waals surface area contributed by atoms with Crippen LogP contribution in [0.4, 0.5) is 11.6 Å². The van der Waals surface area contributed by atoms with E-state index in [1.807, 2.05) is 11.8 Å². The predicted octanol–water partition coefficient (Wildman–Crippen LogP) is -2.06. The van der Waals surface area contributed by atoms with Crippen molar-refractivity contribution >= 4 is 39.1 Å². The van der Waals surface area contributed by atoms with E-state index < -0.39 is 32.5 Å². The fourth-order valence-electron chi connectivity index (χ4n) is 4.99. The van der Waals surface area contributed by atoms with Crippen molar-refractivity contribution in [1.29, 1.82) is 0 Å². The Morgan fingerprint density at radius 1 is 1.12 bits per heavy atom. The highest BCUT2D eigenvalue weighted by Gasteiger charge is 2.37. The molecule has 2 amide bonds. The Morgan fingerprint density at radius 3 is 2.40 bits per heavy atom. The van der Waals surface area contributed by atoms with Gasteiger partial charge >= 0.3 is 0 Å². The molecule has 0 saturated carbocycles. The molecule has 3 aromatic heterocycles. The van der Waals surface area contributed by atoms with E-state index in [-0.39, 0.29) is 55.9 Å². The van der Waals surface area contributed by atoms with Crippen LogP contribution in [0.2, 0.25) is 0 Å². The first-order valence-corrected chi connectivity index (χ1v) is 14.7. The molecule has 0 unspecified atom stereocenters. The summed E-state index contributed by atoms with van der Waals surface area (Å²) in [5, 5.41) is 14.1. The quantitative estimate of drug-likeness (QED) is 0.313. The fraction of sp³-hybridized carbons (Fsp3) is 0.522. The van der Waals surface area contributed by atoms with Crippen LogP contribution >= 0.6 is 0 Å². The van der Waals surface area contributed by atoms with Gasteiger partial charge in [-0.15, -0.1) is 5.10 Å². The van der Waals surface area contributed by atoms with Gasteiger partial charge in [-0.05, 0) is 13.3 Å². The molecule has 16 nitrogen and oxygen atoms in total. The number of sulfone groups is 1. The molecule has 2 aliphatic rings. The standard InChI is InChI=1S/C23H30N10O6S/c1-4-15-18(29-5-7-30(8-6-29)20(36)17-19(35)13(2)25-12-26-17)21(37)33-23(32(15)11-16(24)34)27-22(28-33)31-9-14(10-31)40(3,38)39/h12,14,35H,4-11H2,1-3H3,(H2,24,34). The number of rotatable bonds is 7. The summed E-state index contributed by atoms with van der Waals surface area (Å²) in [5.74, 6) is -1.03. The predicted molar refractivity (Wildman–Crippen MR) is 143 cm³/mol. The van der Waals surface area contributed by atoms with Crippen LogP contribution in [0.3, 0.4) is 0 Å². The van der Waals surface area contributed by atoms with E-state index in [1.165, 1.54) is 12.6 Å². The lowest BCUT2D eigenvalue weighted by molar-refractivity contribution is -0.118. The van der Waals surface area contributed by atoms with Crippen molar-refractivity contribution in [2.75, 3.05) is 55.3 Å². The Balaban J connectivity index is 1.47. The maximum absolute atomic E-state index is 13.8. The summed E-state index contributed by atoms with van der Waals surface area (Å²) in [7, 11) is -3.22. The number of piperazine rings is 1. The number of amides is 2. The smallest absolute Gasteiger partial charge is 0.299 e. The van der Waals surface area contributed by atoms with Gasteiger partial charge in [0.15, 0.2) is 21.3 Å². The van der Waals surface area contributed by atoms with Crippen LogP contribution in [-0.2, 0) is 27.6 Å². The lowest BCUT2D eigenvalue weighted by atomic mass is 10.2. The number of anilines is 2. The van der Waals surface area contributed by atoms with E-state index in [4.69, 9.17) is 5.73 Å². The van der Waals surface area contributed by atoms with Crippen molar-refractivity contribution in [2.45, 2.75) is 32.1 Å². The third-order valence-electron chi connectivity index (χ3n) is 7.29. The summed E-state index contributed by atoms with van der Waals surface area (Å²) in [4.78, 5) is 56.1. The Bertz CT molecular complexity index is 1670. The Morgan fingerprint density at radius 2 is 1.80 bits per heavy atom. The first-order valence-electron chi connectivity index (χ1n) is 12.7. The number of hydrogen-bond donors (Lipinski definition) is 2. The topological polar surface area (TPSA) is 202 Å². The van der Waals surface area contributed by atoms with Gasteiger partial charge < -0.3 is 30.1 Å². The third-order valence-corrected chi connectivity index (χ3v) is 8.80. The molecule has 2 saturated heterocycles. The number of nitrogens with zero attached hydrogens (tertiary/aromatic N) is 9. The van der Waals surface area contributed by atoms with Gasteiger partial charge in [0, 0.05) is 45.5 Å². The van der Waals surface area contributed by atoms with Crippen molar-refractivity contribution in [2.24, 2.45) is 5.73 Å². The Hall–Kier alpha value is -4.28. The lowest BCUT2D eigenvalue weighted by Crippen LogP contribution is -2.55. The van der Waals surface area contributed by atoms with Gasteiger partial charge in [0.25, 0.3) is 11.5 Å². The number of carbonyl (C=O) groups excluding carboxylic acids is 2. The highest BCUT2D eigenvalue weighted by atomic mass is 32.2. The van der Waals surface area contributed by atoms with Crippen LogP contribution < -0.4 is 21.1 Å². The monoisotopic (exact) mass is 574 g/mol. The minimum absolute atomic E-state index is 0.0836. The minimum Gasteiger partial charge on any atom is -0.504 e. The maximum Gasteiger partial charge on any atom is 0.299 e. The average molecular weight is 575 g/mol. The first-order chi connectivity index (χ1) is 18.9. The van der Waals surface area contributed by atoms with Gasteiger partial charge in [0.05, 0.1) is 16.6 Å². The zero-order valence-corrected chi connectivity index (χ0v) is 23.1. The van der Waals surface area contributed by atoms with Crippen molar-refractivity contribution in [3.8, 4) is 5.75 Å². The highest BCUT2D eigenvalue weighted by Crippen LogP contribution is 2.26. The molecule has 214 valence electrons. The number of nitrogens with two attached hydrogens (primary N) is 1. The van der Waals surface area contributed by atoms with Crippen LogP contribution in [0.15, 0.2) is 11.1 Å². The summed E-state index contributed by atoms with van der Waals surface area (Å²) >= 11 is 0. The number of fused-ring (bicyclic) bond motifs is 1. The second kappa shape index (κ2) is 10.0. The van der Waals surface area contributed by atoms with Gasteiger partial charge in [-0.25, -0.2) is 18.4 Å². The summed E-state index contributed by atoms with van der Waals surface area (Å²) in [6.07, 6.45) is 2.77. The van der Waals surface area contributed by atoms with Crippen LogP contribution in [0.25, 0.3) is 5.78 Å². The van der Waals surface area contributed by atoms with Crippen molar-refractivity contribution in [3.63, 3.8) is 0 Å². The van der Waals surface area contributed by atoms with E-state index in [1.54, 1.807) is 21.3 Å². The zero-order valence-electron chi connectivity index (χ0n) is 22.3. The van der Waals surface area contributed by atoms with Crippen molar-refractivity contribution < 1.29 is 23.1 Å². The molecule has 0 spiro atoms. The normalized spacial score (nSPS) is 16.4. The molecule has 0 aliphatic carbocycles. The molecule has 0 radical (unpaired) electrons. The number of hydrogen-bond acceptors (Lipinski definition) is 12. The molecule has 0 aromatic carbocycles. The number of aromatic hydroxyl groups is 1. The van der Waals surface area contributed by atoms with Gasteiger partial charge in [0.2, 0.25) is 17.6 Å². The van der Waals surface area contributed by atoms with E-state index in [9.17, 15) is 27.9 Å². The Kier molecular flexibility index (Phi) is 6.85. The molecular weight excluding hydrogens is 544 g/mol. The van der Waals surface area contributed by atoms with Gasteiger partial charge in [0.1, 0.15) is 18.6 Å². The second-order valence-corrected chi connectivity index (χ2v) is 12.2. The SMILES string of the molecule is CCc1c(N2CCN(C(=O)c3ncnc(C)c3O)CC2)c(=O)n2nc(N3CC(S(C)(=O)=O)C3)nc2n1CC(N)=O. The summed E-state index contributed by atoms with van der Waals surface area (Å²) in [6.45, 7) is 4.67. The van der Waals surface area contributed by atoms with Crippen molar-refractivity contribution in [3.05, 3.63) is 33.8 Å². The molecule has 5 heterocycles. The van der Waals surface area contributed by atoms with Gasteiger partial charge in [-0.3, -0.25) is 14.4 Å². The number of carbonyl (C=O) groups is 2. The van der Waals surface area contributed by atoms with Gasteiger partial charge in [-0.1, -0.05) is 6.92 Å². The summed E-state index contributed by atoms with van der Waals surface area (Å²) < 4.78 is 26.4. The molecule has 0 bridgehead atoms. The number of aromatic nitrogens is 6. The minimum atomic E-state index is -3.22. The number of primary amides is 1. The molecule has 3 N–H and O–H groups in total. The van der Waals surface area contributed by atoms with Crippen molar-refractivity contribution in [1.82, 2.24) is 34.0 Å². The molecule has 17 heteroatoms. The van der Waals surface area contributed by atoms with Crippen LogP contribution in [0.1, 0.15) is 28.8 Å². The average Bonchev–Trinajstić information content (AvgIpc) is 3.30. The maximum atomic E-state index is 13.8. The summed E-state index contributed by atoms with van der Waals surface area (Å²) in [5.41, 5.74) is 6.16. The molecule has 3 aromatic rings. The second-order valence-electron chi connectivity index (χ2n) is 9.92. The van der Waals surface area contributed by atoms with Crippen LogP contribution in [0.5, 0.6) is 5.75 Å². The largest absolute Gasteiger partial charge is 0.504 e. The fourth-order valence-corrected chi connectivity index (χ4v) is 5.89. The van der Waals surface area contributed by atoms with E-state index in [0.717, 1.165) is 4.52 Å². The molecule has 0 atom stereocenters. The van der Waals surface area contributed by atoms with E-state index in [0.29, 0.717) is 36.6 Å². The highest BCUT2D eigenvalue weighted by molar-refractivity contribution is 7.91. The first kappa shape index (κ1) is 27.3. The van der Waals surface area contributed by atoms with Crippen LogP contribution in [0, 0.1) is 6.92 Å². The zero-order chi connectivity index (χ0) is 28.9. The number of aryl methyl sites for hydroxylation is 1. The molecule has 40 heavy (non-hydrogen) atoms. The molecular formula is C23H30N10O6S. The third kappa shape index (κ3) is 4.69. The lowest BCUT2D eigenvalue weighted by Gasteiger charge is -2.36. The molecule has 5 rings (SSSR count). The van der Waals surface area contributed by atoms with Crippen LogP contribution in [-0.4, -0.2) is 110 Å². The van der Waals surface area contributed by atoms with Gasteiger partial charge in [-0.2, -0.15) is 9.50 Å². The Labute approximate surface area is 229 Å². The summed E-state index contributed by atoms with van der Waals surface area (Å²) in [6, 6.07) is 0.